The van der Waals surface area contributed by atoms with E-state index < -0.39 is 23.9 Å². The molecule has 1 aromatic heterocycles. The summed E-state index contributed by atoms with van der Waals surface area (Å²) in [6, 6.07) is 7.68. The summed E-state index contributed by atoms with van der Waals surface area (Å²) in [7, 11) is 0. The smallest absolute Gasteiger partial charge is 0.389 e. The molecule has 0 spiro atoms. The highest BCUT2D eigenvalue weighted by atomic mass is 19.4. The zero-order valence-corrected chi connectivity index (χ0v) is 11.3. The summed E-state index contributed by atoms with van der Waals surface area (Å²) >= 11 is 0. The van der Waals surface area contributed by atoms with E-state index in [1.54, 1.807) is 31.2 Å². The normalized spacial score (nSPS) is 14.8. The molecular weight excluding hydrogens is 281 g/mol. The van der Waals surface area contributed by atoms with E-state index in [2.05, 4.69) is 4.98 Å². The third-order valence-electron chi connectivity index (χ3n) is 3.22. The van der Waals surface area contributed by atoms with Gasteiger partial charge in [0.2, 0.25) is 0 Å². The van der Waals surface area contributed by atoms with Crippen molar-refractivity contribution in [2.75, 3.05) is 0 Å². The van der Waals surface area contributed by atoms with Crippen LogP contribution >= 0.6 is 0 Å². The lowest BCUT2D eigenvalue weighted by molar-refractivity contribution is -0.138. The third kappa shape index (κ3) is 3.40. The van der Waals surface area contributed by atoms with E-state index in [4.69, 9.17) is 5.73 Å². The molecule has 3 N–H and O–H groups in total. The number of pyridine rings is 1. The van der Waals surface area contributed by atoms with Crippen molar-refractivity contribution in [1.82, 2.24) is 4.98 Å². The minimum Gasteiger partial charge on any atom is -0.389 e. The average Bonchev–Trinajstić information content (AvgIpc) is 2.45. The molecule has 6 heteroatoms. The first-order chi connectivity index (χ1) is 9.80. The number of nitrogens with zero attached hydrogens (tertiary/aromatic N) is 1. The number of aliphatic hydroxyl groups is 1. The van der Waals surface area contributed by atoms with Crippen LogP contribution in [0.2, 0.25) is 0 Å². The summed E-state index contributed by atoms with van der Waals surface area (Å²) < 4.78 is 38.9. The van der Waals surface area contributed by atoms with Gasteiger partial charge in [0.05, 0.1) is 23.4 Å². The molecule has 2 atom stereocenters. The largest absolute Gasteiger partial charge is 0.418 e. The number of alkyl halides is 3. The zero-order chi connectivity index (χ0) is 15.6. The highest BCUT2D eigenvalue weighted by Gasteiger charge is 2.35. The van der Waals surface area contributed by atoms with Crippen molar-refractivity contribution >= 4 is 0 Å². The van der Waals surface area contributed by atoms with E-state index in [-0.39, 0.29) is 5.69 Å². The fraction of sp³-hybridized carbons (Fsp3) is 0.267. The van der Waals surface area contributed by atoms with Gasteiger partial charge in [0.15, 0.2) is 0 Å². The molecule has 2 rings (SSSR count). The van der Waals surface area contributed by atoms with Crippen LogP contribution < -0.4 is 5.73 Å². The molecule has 0 amide bonds. The van der Waals surface area contributed by atoms with Crippen molar-refractivity contribution in [3.05, 3.63) is 65.0 Å². The zero-order valence-electron chi connectivity index (χ0n) is 11.3. The predicted molar refractivity (Wildman–Crippen MR) is 72.3 cm³/mol. The van der Waals surface area contributed by atoms with Gasteiger partial charge in [0, 0.05) is 6.20 Å². The maximum absolute atomic E-state index is 13.0. The molecule has 112 valence electrons. The van der Waals surface area contributed by atoms with Crippen LogP contribution in [0.15, 0.2) is 42.6 Å². The van der Waals surface area contributed by atoms with Crippen molar-refractivity contribution in [3.63, 3.8) is 0 Å². The Hall–Kier alpha value is -1.92. The molecule has 21 heavy (non-hydrogen) atoms. The van der Waals surface area contributed by atoms with Crippen molar-refractivity contribution in [2.45, 2.75) is 25.2 Å². The summed E-state index contributed by atoms with van der Waals surface area (Å²) in [5.41, 5.74) is 6.04. The molecule has 0 saturated heterocycles. The summed E-state index contributed by atoms with van der Waals surface area (Å²) in [6.07, 6.45) is -3.86. The van der Waals surface area contributed by atoms with Crippen molar-refractivity contribution in [2.24, 2.45) is 5.73 Å². The van der Waals surface area contributed by atoms with Gasteiger partial charge in [-0.05, 0) is 30.2 Å². The fourth-order valence-electron chi connectivity index (χ4n) is 2.04. The van der Waals surface area contributed by atoms with E-state index in [1.807, 2.05) is 0 Å². The Morgan fingerprint density at radius 2 is 1.67 bits per heavy atom. The van der Waals surface area contributed by atoms with Crippen LogP contribution in [0.25, 0.3) is 0 Å². The second-order valence-corrected chi connectivity index (χ2v) is 4.75. The summed E-state index contributed by atoms with van der Waals surface area (Å²) in [6.45, 7) is 1.61. The number of hydrogen-bond donors (Lipinski definition) is 2. The molecule has 0 aliphatic heterocycles. The Bertz CT molecular complexity index is 609. The van der Waals surface area contributed by atoms with Gasteiger partial charge < -0.3 is 10.8 Å². The van der Waals surface area contributed by atoms with E-state index in [0.29, 0.717) is 11.1 Å². The molecule has 0 aliphatic rings. The van der Waals surface area contributed by atoms with Crippen LogP contribution in [0, 0.1) is 0 Å². The predicted octanol–water partition coefficient (Wildman–Crippen LogP) is 3.20. The maximum Gasteiger partial charge on any atom is 0.418 e. The third-order valence-corrected chi connectivity index (χ3v) is 3.22. The van der Waals surface area contributed by atoms with E-state index in [0.717, 1.165) is 6.07 Å². The Balaban J connectivity index is 2.38. The van der Waals surface area contributed by atoms with Crippen molar-refractivity contribution < 1.29 is 18.3 Å². The molecular formula is C15H15F3N2O. The molecule has 0 saturated carbocycles. The first kappa shape index (κ1) is 15.5. The van der Waals surface area contributed by atoms with Crippen LogP contribution in [0.5, 0.6) is 0 Å². The van der Waals surface area contributed by atoms with E-state index in [9.17, 15) is 18.3 Å². The Labute approximate surface area is 120 Å². The summed E-state index contributed by atoms with van der Waals surface area (Å²) in [5.74, 6) is 0. The number of aliphatic hydroxyl groups excluding tert-OH is 1. The number of nitrogens with two attached hydrogens (primary N) is 1. The lowest BCUT2D eigenvalue weighted by Crippen LogP contribution is -2.20. The second-order valence-electron chi connectivity index (χ2n) is 4.75. The first-order valence-electron chi connectivity index (χ1n) is 6.36. The lowest BCUT2D eigenvalue weighted by Gasteiger charge is -2.17. The Morgan fingerprint density at radius 3 is 2.19 bits per heavy atom. The topological polar surface area (TPSA) is 59.1 Å². The van der Waals surface area contributed by atoms with Crippen LogP contribution in [0.3, 0.4) is 0 Å². The van der Waals surface area contributed by atoms with Crippen LogP contribution in [0.1, 0.15) is 41.5 Å². The molecule has 0 radical (unpaired) electrons. The highest BCUT2D eigenvalue weighted by Crippen LogP contribution is 2.34. The Morgan fingerprint density at radius 1 is 1.10 bits per heavy atom. The SMILES string of the molecule is CC(O)c1ccc(C(N)c2ncccc2C(F)(F)F)cc1. The monoisotopic (exact) mass is 296 g/mol. The highest BCUT2D eigenvalue weighted by molar-refractivity contribution is 5.35. The Kier molecular flexibility index (Phi) is 4.29. The van der Waals surface area contributed by atoms with E-state index >= 15 is 0 Å². The number of benzene rings is 1. The molecule has 2 aromatic rings. The van der Waals surface area contributed by atoms with Crippen molar-refractivity contribution in [1.29, 1.82) is 0 Å². The van der Waals surface area contributed by atoms with Gasteiger partial charge in [0.1, 0.15) is 0 Å². The fourth-order valence-corrected chi connectivity index (χ4v) is 2.04. The van der Waals surface area contributed by atoms with Crippen LogP contribution in [-0.2, 0) is 6.18 Å². The van der Waals surface area contributed by atoms with Gasteiger partial charge >= 0.3 is 6.18 Å². The lowest BCUT2D eigenvalue weighted by atomic mass is 9.98. The molecule has 1 aromatic carbocycles. The first-order valence-corrected chi connectivity index (χ1v) is 6.36. The maximum atomic E-state index is 13.0. The molecule has 3 nitrogen and oxygen atoms in total. The quantitative estimate of drug-likeness (QED) is 0.914. The van der Waals surface area contributed by atoms with Gasteiger partial charge in [-0.15, -0.1) is 0 Å². The standard InChI is InChI=1S/C15H15F3N2O/c1-9(21)10-4-6-11(7-5-10)13(19)14-12(15(16,17)18)3-2-8-20-14/h2-9,13,21H,19H2,1H3. The van der Waals surface area contributed by atoms with Gasteiger partial charge in [-0.3, -0.25) is 4.98 Å². The molecule has 0 bridgehead atoms. The molecule has 0 aliphatic carbocycles. The number of halogens is 3. The second kappa shape index (κ2) is 5.83. The number of rotatable bonds is 3. The van der Waals surface area contributed by atoms with Crippen LogP contribution in [-0.4, -0.2) is 10.1 Å². The number of hydrogen-bond acceptors (Lipinski definition) is 3. The van der Waals surface area contributed by atoms with Gasteiger partial charge in [0.25, 0.3) is 0 Å². The molecule has 1 heterocycles. The number of aromatic nitrogens is 1. The van der Waals surface area contributed by atoms with E-state index in [1.165, 1.54) is 12.3 Å². The minimum atomic E-state index is -4.50. The van der Waals surface area contributed by atoms with Crippen molar-refractivity contribution in [3.8, 4) is 0 Å². The van der Waals surface area contributed by atoms with Gasteiger partial charge in [-0.1, -0.05) is 24.3 Å². The van der Waals surface area contributed by atoms with Gasteiger partial charge in [-0.2, -0.15) is 13.2 Å². The molecule has 0 fully saturated rings. The molecule has 2 unspecified atom stereocenters. The van der Waals surface area contributed by atoms with Gasteiger partial charge in [-0.25, -0.2) is 0 Å². The average molecular weight is 296 g/mol. The van der Waals surface area contributed by atoms with Crippen LogP contribution in [0.4, 0.5) is 13.2 Å². The minimum absolute atomic E-state index is 0.213. The summed E-state index contributed by atoms with van der Waals surface area (Å²) in [5, 5.41) is 9.43. The summed E-state index contributed by atoms with van der Waals surface area (Å²) in [4.78, 5) is 3.78.